The van der Waals surface area contributed by atoms with Crippen LogP contribution in [0.5, 0.6) is 0 Å². The third-order valence-electron chi connectivity index (χ3n) is 1.62. The Kier molecular flexibility index (Phi) is 14.9. The Morgan fingerprint density at radius 2 is 1.00 bits per heavy atom. The number of hydrogen-bond acceptors (Lipinski definition) is 4. The monoisotopic (exact) mass is 218 g/mol. The summed E-state index contributed by atoms with van der Waals surface area (Å²) in [5, 5.41) is 33.1. The molecule has 0 aliphatic rings. The van der Waals surface area contributed by atoms with E-state index in [0.29, 0.717) is 24.8 Å². The number of rotatable bonds is 7. The molecule has 0 rings (SSSR count). The number of hydrogen-bond donors (Lipinski definition) is 4. The summed E-state index contributed by atoms with van der Waals surface area (Å²) in [6.07, 6.45) is 1.73. The van der Waals surface area contributed by atoms with Gasteiger partial charge in [-0.15, -0.1) is 0 Å². The van der Waals surface area contributed by atoms with Crippen molar-refractivity contribution in [3.8, 4) is 0 Å². The van der Waals surface area contributed by atoms with Crippen LogP contribution in [0.3, 0.4) is 0 Å². The Hall–Kier alpha value is -0.680. The summed E-state index contributed by atoms with van der Waals surface area (Å²) in [5.74, 6) is 0. The smallest absolute Gasteiger partial charge is 0.0639 e. The van der Waals surface area contributed by atoms with Gasteiger partial charge in [0.15, 0.2) is 0 Å². The van der Waals surface area contributed by atoms with Crippen molar-refractivity contribution >= 4 is 0 Å². The van der Waals surface area contributed by atoms with E-state index in [0.717, 1.165) is 5.57 Å². The van der Waals surface area contributed by atoms with E-state index in [1.54, 1.807) is 0 Å². The molecule has 0 spiro atoms. The first-order valence-corrected chi connectivity index (χ1v) is 4.89. The molecule has 15 heavy (non-hydrogen) atoms. The van der Waals surface area contributed by atoms with Crippen molar-refractivity contribution in [2.24, 2.45) is 0 Å². The van der Waals surface area contributed by atoms with Gasteiger partial charge in [-0.2, -0.15) is 0 Å². The Morgan fingerprint density at radius 3 is 1.20 bits per heavy atom. The highest BCUT2D eigenvalue weighted by Crippen LogP contribution is 2.00. The zero-order valence-electron chi connectivity index (χ0n) is 9.15. The van der Waals surface area contributed by atoms with E-state index in [9.17, 15) is 0 Å². The molecule has 0 amide bonds. The first-order chi connectivity index (χ1) is 7.12. The van der Waals surface area contributed by atoms with Gasteiger partial charge in [0.2, 0.25) is 0 Å². The summed E-state index contributed by atoms with van der Waals surface area (Å²) >= 11 is 0. The van der Waals surface area contributed by atoms with Crippen molar-refractivity contribution in [1.29, 1.82) is 0 Å². The molecule has 0 aliphatic carbocycles. The van der Waals surface area contributed by atoms with Crippen molar-refractivity contribution < 1.29 is 20.4 Å². The molecule has 4 heteroatoms. The molecule has 0 saturated carbocycles. The molecular weight excluding hydrogens is 196 g/mol. The first kappa shape index (κ1) is 16.7. The molecular formula is C11H22O4. The van der Waals surface area contributed by atoms with Crippen molar-refractivity contribution in [3.63, 3.8) is 0 Å². The third-order valence-corrected chi connectivity index (χ3v) is 1.62. The molecule has 0 atom stereocenters. The molecule has 0 bridgehead atoms. The van der Waals surface area contributed by atoms with Crippen LogP contribution >= 0.6 is 0 Å². The Labute approximate surface area is 91.2 Å². The van der Waals surface area contributed by atoms with Crippen LogP contribution in [-0.4, -0.2) is 46.9 Å². The minimum absolute atomic E-state index is 0.0133. The van der Waals surface area contributed by atoms with Gasteiger partial charge in [0.25, 0.3) is 0 Å². The molecule has 0 aromatic rings. The topological polar surface area (TPSA) is 80.9 Å². The maximum atomic E-state index is 8.32. The van der Waals surface area contributed by atoms with Gasteiger partial charge >= 0.3 is 0 Å². The molecule has 0 heterocycles. The SMILES string of the molecule is C=C(CCO)CCO.C=C(CO)CCO. The van der Waals surface area contributed by atoms with Crippen LogP contribution in [0, 0.1) is 0 Å². The Balaban J connectivity index is 0. The first-order valence-electron chi connectivity index (χ1n) is 4.89. The fraction of sp³-hybridized carbons (Fsp3) is 0.636. The predicted molar refractivity (Wildman–Crippen MR) is 60.5 cm³/mol. The molecule has 4 N–H and O–H groups in total. The van der Waals surface area contributed by atoms with E-state index in [1.165, 1.54) is 0 Å². The Morgan fingerprint density at radius 1 is 0.667 bits per heavy atom. The second-order valence-electron chi connectivity index (χ2n) is 3.08. The van der Waals surface area contributed by atoms with Crippen LogP contribution in [0.15, 0.2) is 24.3 Å². The lowest BCUT2D eigenvalue weighted by atomic mass is 10.2. The summed E-state index contributed by atoms with van der Waals surface area (Å²) in [6.45, 7) is 7.41. The van der Waals surface area contributed by atoms with E-state index in [2.05, 4.69) is 13.2 Å². The van der Waals surface area contributed by atoms with Gasteiger partial charge in [0, 0.05) is 19.8 Å². The summed E-state index contributed by atoms with van der Waals surface area (Å²) in [7, 11) is 0. The Bertz CT molecular complexity index is 158. The quantitative estimate of drug-likeness (QED) is 0.461. The van der Waals surface area contributed by atoms with Gasteiger partial charge in [-0.05, 0) is 24.8 Å². The van der Waals surface area contributed by atoms with E-state index in [-0.39, 0.29) is 26.4 Å². The van der Waals surface area contributed by atoms with E-state index >= 15 is 0 Å². The lowest BCUT2D eigenvalue weighted by Gasteiger charge is -1.97. The minimum atomic E-state index is -0.0133. The summed E-state index contributed by atoms with van der Waals surface area (Å²) in [4.78, 5) is 0. The highest BCUT2D eigenvalue weighted by atomic mass is 16.3. The van der Waals surface area contributed by atoms with Crippen molar-refractivity contribution in [2.45, 2.75) is 19.3 Å². The zero-order chi connectivity index (χ0) is 12.1. The number of aliphatic hydroxyl groups excluding tert-OH is 4. The molecule has 4 nitrogen and oxygen atoms in total. The average Bonchev–Trinajstić information content (AvgIpc) is 2.20. The van der Waals surface area contributed by atoms with Gasteiger partial charge in [0.05, 0.1) is 6.61 Å². The highest BCUT2D eigenvalue weighted by Gasteiger charge is 1.89. The van der Waals surface area contributed by atoms with Gasteiger partial charge in [-0.25, -0.2) is 0 Å². The standard InChI is InChI=1S/C6H12O2.C5H10O2/c1-6(2-4-7)3-5-8;1-5(4-7)2-3-6/h7-8H,1-5H2;6-7H,1-4H2. The summed E-state index contributed by atoms with van der Waals surface area (Å²) in [5.41, 5.74) is 1.59. The fourth-order valence-corrected chi connectivity index (χ4v) is 0.678. The molecule has 0 aliphatic heterocycles. The van der Waals surface area contributed by atoms with Crippen molar-refractivity contribution in [3.05, 3.63) is 24.3 Å². The van der Waals surface area contributed by atoms with Gasteiger partial charge < -0.3 is 20.4 Å². The number of aliphatic hydroxyl groups is 4. The van der Waals surface area contributed by atoms with Crippen molar-refractivity contribution in [2.75, 3.05) is 26.4 Å². The predicted octanol–water partition coefficient (Wildman–Crippen LogP) is 0.225. The average molecular weight is 218 g/mol. The lowest BCUT2D eigenvalue weighted by molar-refractivity contribution is 0.279. The maximum Gasteiger partial charge on any atom is 0.0639 e. The van der Waals surface area contributed by atoms with E-state index in [4.69, 9.17) is 20.4 Å². The third kappa shape index (κ3) is 16.0. The molecule has 0 aromatic carbocycles. The van der Waals surface area contributed by atoms with Gasteiger partial charge in [-0.3, -0.25) is 0 Å². The normalized spacial score (nSPS) is 9.07. The zero-order valence-corrected chi connectivity index (χ0v) is 9.15. The van der Waals surface area contributed by atoms with Crippen LogP contribution in [0.1, 0.15) is 19.3 Å². The second-order valence-corrected chi connectivity index (χ2v) is 3.08. The van der Waals surface area contributed by atoms with Gasteiger partial charge in [0.1, 0.15) is 0 Å². The largest absolute Gasteiger partial charge is 0.396 e. The summed E-state index contributed by atoms with van der Waals surface area (Å²) in [6, 6.07) is 0. The minimum Gasteiger partial charge on any atom is -0.396 e. The molecule has 0 aromatic heterocycles. The molecule has 0 unspecified atom stereocenters. The molecule has 90 valence electrons. The van der Waals surface area contributed by atoms with E-state index in [1.807, 2.05) is 0 Å². The molecule has 0 radical (unpaired) electrons. The van der Waals surface area contributed by atoms with Crippen LogP contribution in [0.25, 0.3) is 0 Å². The molecule has 0 saturated heterocycles. The molecule has 0 fully saturated rings. The fourth-order valence-electron chi connectivity index (χ4n) is 0.678. The van der Waals surface area contributed by atoms with Crippen LogP contribution < -0.4 is 0 Å². The van der Waals surface area contributed by atoms with Crippen LogP contribution in [0.2, 0.25) is 0 Å². The van der Waals surface area contributed by atoms with Crippen LogP contribution in [-0.2, 0) is 0 Å². The van der Waals surface area contributed by atoms with Crippen LogP contribution in [0.4, 0.5) is 0 Å². The highest BCUT2D eigenvalue weighted by molar-refractivity contribution is 4.93. The van der Waals surface area contributed by atoms with Gasteiger partial charge in [-0.1, -0.05) is 18.7 Å². The van der Waals surface area contributed by atoms with E-state index < -0.39 is 0 Å². The van der Waals surface area contributed by atoms with Crippen molar-refractivity contribution in [1.82, 2.24) is 0 Å². The maximum absolute atomic E-state index is 8.32. The second kappa shape index (κ2) is 13.3. The summed E-state index contributed by atoms with van der Waals surface area (Å²) < 4.78 is 0. The lowest BCUT2D eigenvalue weighted by Crippen LogP contribution is -1.90.